The molecule has 2 aromatic rings. The molecular weight excluding hydrogens is 425 g/mol. The van der Waals surface area contributed by atoms with E-state index in [0.29, 0.717) is 38.2 Å². The molecule has 3 aliphatic rings. The molecule has 33 heavy (non-hydrogen) atoms. The Bertz CT molecular complexity index is 991. The normalized spacial score (nSPS) is 25.0. The zero-order chi connectivity index (χ0) is 23.2. The summed E-state index contributed by atoms with van der Waals surface area (Å²) in [6, 6.07) is 13.3. The molecule has 2 aromatic carbocycles. The molecule has 3 atom stereocenters. The van der Waals surface area contributed by atoms with Crippen LogP contribution in [0.1, 0.15) is 23.1 Å². The van der Waals surface area contributed by atoms with Crippen LogP contribution in [0.15, 0.2) is 48.5 Å². The third-order valence-electron chi connectivity index (χ3n) is 7.11. The van der Waals surface area contributed by atoms with E-state index in [1.807, 2.05) is 31.2 Å². The zero-order valence-electron chi connectivity index (χ0n) is 18.5. The summed E-state index contributed by atoms with van der Waals surface area (Å²) < 4.78 is 19.1. The number of hydrogen-bond donors (Lipinski definition) is 2. The average Bonchev–Trinajstić information content (AvgIpc) is 2.78. The Morgan fingerprint density at radius 3 is 2.36 bits per heavy atom. The molecule has 8 heteroatoms. The average molecular weight is 454 g/mol. The number of urea groups is 1. The third kappa shape index (κ3) is 3.98. The van der Waals surface area contributed by atoms with E-state index in [9.17, 15) is 19.1 Å². The number of piperidine rings is 1. The number of aliphatic hydroxyl groups is 1. The first kappa shape index (κ1) is 21.9. The lowest BCUT2D eigenvalue weighted by molar-refractivity contribution is -0.140. The van der Waals surface area contributed by atoms with Crippen LogP contribution in [0, 0.1) is 18.7 Å². The van der Waals surface area contributed by atoms with Gasteiger partial charge in [-0.3, -0.25) is 4.79 Å². The molecule has 0 bridgehead atoms. The van der Waals surface area contributed by atoms with E-state index >= 15 is 0 Å². The SMILES string of the molecule is Cc1ccc(C(O)(c2ccc(F)cc2)C2CN(C(=O)N3CC[C@@H]4OCC(=O)N[C@@H]4C3)C2)cc1. The van der Waals surface area contributed by atoms with E-state index < -0.39 is 5.60 Å². The maximum atomic E-state index is 13.6. The van der Waals surface area contributed by atoms with Gasteiger partial charge < -0.3 is 25.0 Å². The summed E-state index contributed by atoms with van der Waals surface area (Å²) in [5.74, 6) is -0.750. The summed E-state index contributed by atoms with van der Waals surface area (Å²) in [6.07, 6.45) is 0.623. The third-order valence-corrected chi connectivity index (χ3v) is 7.11. The van der Waals surface area contributed by atoms with E-state index in [2.05, 4.69) is 5.32 Å². The van der Waals surface area contributed by atoms with Crippen molar-refractivity contribution in [2.45, 2.75) is 31.1 Å². The molecule has 3 fully saturated rings. The van der Waals surface area contributed by atoms with Gasteiger partial charge in [-0.05, 0) is 36.6 Å². The Morgan fingerprint density at radius 2 is 1.70 bits per heavy atom. The fourth-order valence-electron chi connectivity index (χ4n) is 5.12. The molecule has 3 heterocycles. The minimum absolute atomic E-state index is 0.0546. The van der Waals surface area contributed by atoms with Gasteiger partial charge in [-0.15, -0.1) is 0 Å². The second-order valence-electron chi connectivity index (χ2n) is 9.28. The largest absolute Gasteiger partial charge is 0.380 e. The number of ether oxygens (including phenoxy) is 1. The molecule has 2 N–H and O–H groups in total. The molecular formula is C25H28FN3O4. The second-order valence-corrected chi connectivity index (χ2v) is 9.28. The zero-order valence-corrected chi connectivity index (χ0v) is 18.5. The van der Waals surface area contributed by atoms with Crippen molar-refractivity contribution in [3.05, 3.63) is 71.0 Å². The molecule has 0 radical (unpaired) electrons. The highest BCUT2D eigenvalue weighted by molar-refractivity contribution is 5.79. The van der Waals surface area contributed by atoms with Gasteiger partial charge in [0.15, 0.2) is 0 Å². The number of nitrogens with one attached hydrogen (secondary N) is 1. The molecule has 0 aliphatic carbocycles. The quantitative estimate of drug-likeness (QED) is 0.745. The Kier molecular flexibility index (Phi) is 5.58. The van der Waals surface area contributed by atoms with Crippen molar-refractivity contribution >= 4 is 11.9 Å². The number of likely N-dealkylation sites (tertiary alicyclic amines) is 2. The predicted octanol–water partition coefficient (Wildman–Crippen LogP) is 2.01. The number of benzene rings is 2. The summed E-state index contributed by atoms with van der Waals surface area (Å²) in [7, 11) is 0. The number of rotatable bonds is 3. The van der Waals surface area contributed by atoms with Crippen LogP contribution in [-0.2, 0) is 15.1 Å². The summed E-state index contributed by atoms with van der Waals surface area (Å²) in [5, 5.41) is 14.8. The molecule has 1 unspecified atom stereocenters. The highest BCUT2D eigenvalue weighted by Crippen LogP contribution is 2.42. The Balaban J connectivity index is 1.31. The maximum Gasteiger partial charge on any atom is 0.320 e. The monoisotopic (exact) mass is 453 g/mol. The highest BCUT2D eigenvalue weighted by Gasteiger charge is 2.49. The molecule has 0 aromatic heterocycles. The van der Waals surface area contributed by atoms with Gasteiger partial charge in [0.1, 0.15) is 18.0 Å². The Hall–Kier alpha value is -2.97. The minimum atomic E-state index is -1.34. The van der Waals surface area contributed by atoms with E-state index in [4.69, 9.17) is 4.74 Å². The van der Waals surface area contributed by atoms with Gasteiger partial charge >= 0.3 is 6.03 Å². The lowest BCUT2D eigenvalue weighted by Crippen LogP contribution is -2.65. The number of nitrogens with zero attached hydrogens (tertiary/aromatic N) is 2. The lowest BCUT2D eigenvalue weighted by atomic mass is 9.72. The number of halogens is 1. The van der Waals surface area contributed by atoms with Gasteiger partial charge in [0.2, 0.25) is 5.91 Å². The Labute approximate surface area is 192 Å². The molecule has 3 amide bonds. The molecule has 3 aliphatic heterocycles. The van der Waals surface area contributed by atoms with Crippen LogP contribution in [0.3, 0.4) is 0 Å². The topological polar surface area (TPSA) is 82.1 Å². The maximum absolute atomic E-state index is 13.6. The van der Waals surface area contributed by atoms with Crippen LogP contribution in [0.25, 0.3) is 0 Å². The van der Waals surface area contributed by atoms with Crippen molar-refractivity contribution < 1.29 is 23.8 Å². The first-order valence-electron chi connectivity index (χ1n) is 11.3. The van der Waals surface area contributed by atoms with Crippen LogP contribution in [0.2, 0.25) is 0 Å². The van der Waals surface area contributed by atoms with E-state index in [-0.39, 0.29) is 42.4 Å². The van der Waals surface area contributed by atoms with Crippen molar-refractivity contribution in [2.75, 3.05) is 32.8 Å². The minimum Gasteiger partial charge on any atom is -0.380 e. The van der Waals surface area contributed by atoms with E-state index in [1.54, 1.807) is 21.9 Å². The van der Waals surface area contributed by atoms with Crippen LogP contribution < -0.4 is 5.32 Å². The van der Waals surface area contributed by atoms with Gasteiger partial charge in [-0.25, -0.2) is 9.18 Å². The summed E-state index contributed by atoms with van der Waals surface area (Å²) in [6.45, 7) is 3.80. The number of fused-ring (bicyclic) bond motifs is 1. The van der Waals surface area contributed by atoms with Gasteiger partial charge in [0.25, 0.3) is 0 Å². The molecule has 0 saturated carbocycles. The fourth-order valence-corrected chi connectivity index (χ4v) is 5.12. The van der Waals surface area contributed by atoms with Crippen molar-refractivity contribution in [3.8, 4) is 0 Å². The number of hydrogen-bond acceptors (Lipinski definition) is 4. The van der Waals surface area contributed by atoms with Crippen LogP contribution in [-0.4, -0.2) is 71.8 Å². The van der Waals surface area contributed by atoms with Gasteiger partial charge in [0.05, 0.1) is 12.1 Å². The number of carbonyl (C=O) groups is 2. The van der Waals surface area contributed by atoms with E-state index in [0.717, 1.165) is 11.1 Å². The van der Waals surface area contributed by atoms with Crippen LogP contribution in [0.5, 0.6) is 0 Å². The number of carbonyl (C=O) groups excluding carboxylic acids is 2. The first-order chi connectivity index (χ1) is 15.8. The van der Waals surface area contributed by atoms with E-state index in [1.165, 1.54) is 12.1 Å². The standard InChI is InChI=1S/C25H28FN3O4/c1-16-2-4-17(5-3-16)25(32,18-6-8-20(26)9-7-18)19-12-29(13-19)24(31)28-11-10-22-21(14-28)27-23(30)15-33-22/h2-9,19,21-22,32H,10-15H2,1H3,(H,27,30)/t21-,22+,25?/m1/s1. The predicted molar refractivity (Wildman–Crippen MR) is 119 cm³/mol. The number of aryl methyl sites for hydroxylation is 1. The lowest BCUT2D eigenvalue weighted by Gasteiger charge is -2.50. The van der Waals surface area contributed by atoms with Crippen molar-refractivity contribution in [3.63, 3.8) is 0 Å². The van der Waals surface area contributed by atoms with Crippen LogP contribution >= 0.6 is 0 Å². The molecule has 174 valence electrons. The van der Waals surface area contributed by atoms with Crippen LogP contribution in [0.4, 0.5) is 9.18 Å². The summed E-state index contributed by atoms with van der Waals surface area (Å²) in [5.41, 5.74) is 1.07. The highest BCUT2D eigenvalue weighted by atomic mass is 19.1. The van der Waals surface area contributed by atoms with Gasteiger partial charge in [-0.1, -0.05) is 42.0 Å². The summed E-state index contributed by atoms with van der Waals surface area (Å²) >= 11 is 0. The molecule has 7 nitrogen and oxygen atoms in total. The molecule has 5 rings (SSSR count). The smallest absolute Gasteiger partial charge is 0.320 e. The fraction of sp³-hybridized carbons (Fsp3) is 0.440. The van der Waals surface area contributed by atoms with Gasteiger partial charge in [0, 0.05) is 32.1 Å². The van der Waals surface area contributed by atoms with Crippen molar-refractivity contribution in [1.82, 2.24) is 15.1 Å². The van der Waals surface area contributed by atoms with Gasteiger partial charge in [-0.2, -0.15) is 0 Å². The molecule has 3 saturated heterocycles. The van der Waals surface area contributed by atoms with Crippen molar-refractivity contribution in [1.29, 1.82) is 0 Å². The second kappa shape index (κ2) is 8.43. The summed E-state index contributed by atoms with van der Waals surface area (Å²) in [4.78, 5) is 28.3. The number of morpholine rings is 1. The first-order valence-corrected chi connectivity index (χ1v) is 11.3. The number of amides is 3. The molecule has 0 spiro atoms. The Morgan fingerprint density at radius 1 is 1.06 bits per heavy atom. The van der Waals surface area contributed by atoms with Crippen molar-refractivity contribution in [2.24, 2.45) is 5.92 Å².